The van der Waals surface area contributed by atoms with Gasteiger partial charge in [0.25, 0.3) is 0 Å². The smallest absolute Gasteiger partial charge is 0.481 e. The van der Waals surface area contributed by atoms with Gasteiger partial charge in [0, 0.05) is 13.5 Å². The molecule has 1 aliphatic rings. The minimum Gasteiger partial charge on any atom is -0.481 e. The zero-order chi connectivity index (χ0) is 15.6. The minimum absolute atomic E-state index is 0.0431. The average molecular weight is 318 g/mol. The summed E-state index contributed by atoms with van der Waals surface area (Å²) in [5.74, 6) is -1.48. The Morgan fingerprint density at radius 1 is 1.50 bits per heavy atom. The zero-order valence-corrected chi connectivity index (χ0v) is 11.3. The van der Waals surface area contributed by atoms with Gasteiger partial charge in [-0.05, 0) is 18.9 Å². The number of hydrogen-bond donors (Lipinski definition) is 1. The summed E-state index contributed by atoms with van der Waals surface area (Å²) in [6, 6.07) is 0. The molecule has 0 fully saturated rings. The molecule has 0 saturated carbocycles. The largest absolute Gasteiger partial charge is 0.534 e. The second-order valence-electron chi connectivity index (χ2n) is 4.32. The van der Waals surface area contributed by atoms with Crippen LogP contribution in [0.5, 0.6) is 0 Å². The molecule has 1 unspecified atom stereocenters. The number of hydrogen-bond acceptors (Lipinski definition) is 5. The summed E-state index contributed by atoms with van der Waals surface area (Å²) in [4.78, 5) is 10.7. The molecule has 1 atom stereocenters. The third-order valence-electron chi connectivity index (χ3n) is 2.94. The number of halogens is 3. The Morgan fingerprint density at radius 3 is 2.45 bits per heavy atom. The van der Waals surface area contributed by atoms with Crippen molar-refractivity contribution >= 4 is 16.1 Å². The molecule has 0 spiro atoms. The first kappa shape index (κ1) is 16.8. The summed E-state index contributed by atoms with van der Waals surface area (Å²) in [6.07, 6.45) is 0.627. The lowest BCUT2D eigenvalue weighted by molar-refractivity contribution is -0.144. The number of carbonyl (C=O) groups is 1. The van der Waals surface area contributed by atoms with Crippen LogP contribution in [0, 0.1) is 0 Å². The molecular weight excluding hydrogens is 305 g/mol. The Kier molecular flexibility index (Phi) is 4.70. The fourth-order valence-electron chi connectivity index (χ4n) is 1.81. The summed E-state index contributed by atoms with van der Waals surface area (Å²) < 4.78 is 67.1. The SMILES string of the molecule is COC1(CC(=O)O)CC=C(OS(=O)(=O)C(F)(F)F)CC1. The molecule has 0 heterocycles. The molecule has 0 aliphatic heterocycles. The standard InChI is InChI=1S/C10H13F3O6S/c1-18-9(6-8(14)15)4-2-7(3-5-9)19-20(16,17)10(11,12)13/h2H,3-6H2,1H3,(H,14,15). The Labute approximate surface area is 113 Å². The third-order valence-corrected chi connectivity index (χ3v) is 3.94. The van der Waals surface area contributed by atoms with Gasteiger partial charge in [0.15, 0.2) is 0 Å². The number of alkyl halides is 3. The highest BCUT2D eigenvalue weighted by Crippen LogP contribution is 2.36. The molecule has 0 aromatic rings. The number of allylic oxidation sites excluding steroid dienone is 1. The first-order valence-corrected chi connectivity index (χ1v) is 6.89. The Hall–Kier alpha value is -1.29. The summed E-state index contributed by atoms with van der Waals surface area (Å²) in [6.45, 7) is 0. The van der Waals surface area contributed by atoms with Crippen LogP contribution < -0.4 is 0 Å². The van der Waals surface area contributed by atoms with E-state index in [0.29, 0.717) is 0 Å². The summed E-state index contributed by atoms with van der Waals surface area (Å²) in [5, 5.41) is 8.74. The molecule has 10 heteroatoms. The maximum absolute atomic E-state index is 12.1. The Morgan fingerprint density at radius 2 is 2.10 bits per heavy atom. The second kappa shape index (κ2) is 5.60. The molecule has 20 heavy (non-hydrogen) atoms. The highest BCUT2D eigenvalue weighted by atomic mass is 32.2. The van der Waals surface area contributed by atoms with Crippen LogP contribution in [-0.2, 0) is 23.8 Å². The quantitative estimate of drug-likeness (QED) is 0.614. The summed E-state index contributed by atoms with van der Waals surface area (Å²) in [7, 11) is -4.40. The molecule has 0 aromatic heterocycles. The van der Waals surface area contributed by atoms with E-state index in [4.69, 9.17) is 9.84 Å². The van der Waals surface area contributed by atoms with Crippen LogP contribution in [0.3, 0.4) is 0 Å². The Balaban J connectivity index is 2.81. The highest BCUT2D eigenvalue weighted by molar-refractivity contribution is 7.87. The molecular formula is C10H13F3O6S. The fourth-order valence-corrected chi connectivity index (χ4v) is 2.34. The lowest BCUT2D eigenvalue weighted by Crippen LogP contribution is -2.36. The van der Waals surface area contributed by atoms with E-state index in [0.717, 1.165) is 6.08 Å². The fraction of sp³-hybridized carbons (Fsp3) is 0.700. The van der Waals surface area contributed by atoms with E-state index in [1.165, 1.54) is 7.11 Å². The highest BCUT2D eigenvalue weighted by Gasteiger charge is 2.49. The number of carboxylic acids is 1. The number of methoxy groups -OCH3 is 1. The average Bonchev–Trinajstić information content (AvgIpc) is 2.29. The molecule has 0 bridgehead atoms. The zero-order valence-electron chi connectivity index (χ0n) is 10.4. The van der Waals surface area contributed by atoms with Gasteiger partial charge in [0.1, 0.15) is 5.76 Å². The van der Waals surface area contributed by atoms with Gasteiger partial charge in [-0.2, -0.15) is 21.6 Å². The number of rotatable bonds is 5. The molecule has 1 N–H and O–H groups in total. The van der Waals surface area contributed by atoms with E-state index in [1.54, 1.807) is 0 Å². The van der Waals surface area contributed by atoms with Crippen LogP contribution in [0.2, 0.25) is 0 Å². The van der Waals surface area contributed by atoms with Crippen molar-refractivity contribution in [3.63, 3.8) is 0 Å². The predicted octanol–water partition coefficient (Wildman–Crippen LogP) is 1.78. The van der Waals surface area contributed by atoms with Gasteiger partial charge >= 0.3 is 21.6 Å². The van der Waals surface area contributed by atoms with Crippen molar-refractivity contribution in [2.24, 2.45) is 0 Å². The van der Waals surface area contributed by atoms with E-state index in [9.17, 15) is 26.4 Å². The predicted molar refractivity (Wildman–Crippen MR) is 60.0 cm³/mol. The van der Waals surface area contributed by atoms with Gasteiger partial charge in [-0.15, -0.1) is 0 Å². The van der Waals surface area contributed by atoms with E-state index in [-0.39, 0.29) is 31.4 Å². The van der Waals surface area contributed by atoms with Crippen LogP contribution in [0.1, 0.15) is 25.7 Å². The molecule has 0 amide bonds. The first-order chi connectivity index (χ1) is 9.01. The Bertz CT molecular complexity index is 510. The van der Waals surface area contributed by atoms with Crippen molar-refractivity contribution < 1.29 is 40.4 Å². The molecule has 1 aliphatic carbocycles. The van der Waals surface area contributed by atoms with E-state index in [2.05, 4.69) is 4.18 Å². The van der Waals surface area contributed by atoms with Gasteiger partial charge in [-0.3, -0.25) is 4.79 Å². The minimum atomic E-state index is -5.69. The normalized spacial score (nSPS) is 24.1. The maximum atomic E-state index is 12.1. The van der Waals surface area contributed by atoms with Gasteiger partial charge in [0.2, 0.25) is 0 Å². The molecule has 6 nitrogen and oxygen atoms in total. The van der Waals surface area contributed by atoms with Crippen LogP contribution in [-0.4, -0.2) is 37.7 Å². The van der Waals surface area contributed by atoms with Crippen LogP contribution in [0.15, 0.2) is 11.8 Å². The van der Waals surface area contributed by atoms with Crippen molar-refractivity contribution in [2.75, 3.05) is 7.11 Å². The molecule has 0 saturated heterocycles. The summed E-state index contributed by atoms with van der Waals surface area (Å²) >= 11 is 0. The van der Waals surface area contributed by atoms with Crippen molar-refractivity contribution in [1.82, 2.24) is 0 Å². The monoisotopic (exact) mass is 318 g/mol. The first-order valence-electron chi connectivity index (χ1n) is 5.48. The number of carboxylic acid groups (broad SMARTS) is 1. The van der Waals surface area contributed by atoms with Gasteiger partial charge in [0.05, 0.1) is 12.0 Å². The maximum Gasteiger partial charge on any atom is 0.534 e. The van der Waals surface area contributed by atoms with Crippen LogP contribution >= 0.6 is 0 Å². The van der Waals surface area contributed by atoms with Gasteiger partial charge in [-0.25, -0.2) is 0 Å². The molecule has 1 rings (SSSR count). The molecule has 0 radical (unpaired) electrons. The van der Waals surface area contributed by atoms with Crippen molar-refractivity contribution in [3.8, 4) is 0 Å². The van der Waals surface area contributed by atoms with Crippen LogP contribution in [0.25, 0.3) is 0 Å². The van der Waals surface area contributed by atoms with Gasteiger partial charge in [-0.1, -0.05) is 0 Å². The third kappa shape index (κ3) is 3.85. The van der Waals surface area contributed by atoms with Gasteiger partial charge < -0.3 is 14.0 Å². The molecule has 116 valence electrons. The second-order valence-corrected chi connectivity index (χ2v) is 5.85. The molecule has 0 aromatic carbocycles. The van der Waals surface area contributed by atoms with E-state index >= 15 is 0 Å². The van der Waals surface area contributed by atoms with Crippen molar-refractivity contribution in [3.05, 3.63) is 11.8 Å². The topological polar surface area (TPSA) is 89.9 Å². The van der Waals surface area contributed by atoms with E-state index in [1.807, 2.05) is 0 Å². The van der Waals surface area contributed by atoms with Crippen LogP contribution in [0.4, 0.5) is 13.2 Å². The lowest BCUT2D eigenvalue weighted by atomic mass is 9.85. The van der Waals surface area contributed by atoms with E-state index < -0.39 is 27.2 Å². The number of ether oxygens (including phenoxy) is 1. The van der Waals surface area contributed by atoms with Crippen molar-refractivity contribution in [1.29, 1.82) is 0 Å². The number of aliphatic carboxylic acids is 1. The summed E-state index contributed by atoms with van der Waals surface area (Å²) in [5.41, 5.74) is -6.55. The van der Waals surface area contributed by atoms with Crippen molar-refractivity contribution in [2.45, 2.75) is 36.8 Å². The lowest BCUT2D eigenvalue weighted by Gasteiger charge is -2.33.